The highest BCUT2D eigenvalue weighted by molar-refractivity contribution is 5.83. The summed E-state index contributed by atoms with van der Waals surface area (Å²) in [7, 11) is 0. The van der Waals surface area contributed by atoms with E-state index in [0.29, 0.717) is 30.9 Å². The summed E-state index contributed by atoms with van der Waals surface area (Å²) in [4.78, 5) is 30.7. The molecule has 1 amide bonds. The first-order chi connectivity index (χ1) is 17.4. The van der Waals surface area contributed by atoms with Crippen molar-refractivity contribution in [2.45, 2.75) is 78.3 Å². The van der Waals surface area contributed by atoms with Crippen LogP contribution in [0.4, 0.5) is 0 Å². The van der Waals surface area contributed by atoms with Crippen molar-refractivity contribution in [1.82, 2.24) is 29.4 Å². The minimum atomic E-state index is -0.195. The summed E-state index contributed by atoms with van der Waals surface area (Å²) in [5.74, 6) is 0.192. The van der Waals surface area contributed by atoms with Crippen molar-refractivity contribution in [3.05, 3.63) is 51.6 Å². The predicted octanol–water partition coefficient (Wildman–Crippen LogP) is 3.76. The molecule has 2 saturated heterocycles. The van der Waals surface area contributed by atoms with Gasteiger partial charge < -0.3 is 9.80 Å². The summed E-state index contributed by atoms with van der Waals surface area (Å²) in [6.45, 7) is 10.5. The first-order valence-electron chi connectivity index (χ1n) is 13.5. The predicted molar refractivity (Wildman–Crippen MR) is 142 cm³/mol. The van der Waals surface area contributed by atoms with Gasteiger partial charge >= 0.3 is 0 Å². The summed E-state index contributed by atoms with van der Waals surface area (Å²) in [5, 5.41) is 10.0. The van der Waals surface area contributed by atoms with Crippen LogP contribution in [-0.4, -0.2) is 67.5 Å². The fraction of sp³-hybridized carbons (Fsp3) is 0.571. The molecular weight excluding hydrogens is 452 g/mol. The Morgan fingerprint density at radius 3 is 2.33 bits per heavy atom. The Bertz CT molecular complexity index is 1280. The number of benzene rings is 1. The zero-order valence-electron chi connectivity index (χ0n) is 21.9. The van der Waals surface area contributed by atoms with Gasteiger partial charge in [-0.25, -0.2) is 9.36 Å². The van der Waals surface area contributed by atoms with Crippen LogP contribution in [0.15, 0.2) is 29.1 Å². The third-order valence-corrected chi connectivity index (χ3v) is 7.95. The third kappa shape index (κ3) is 4.96. The molecule has 0 radical (unpaired) electrons. The molecule has 0 unspecified atom stereocenters. The summed E-state index contributed by atoms with van der Waals surface area (Å²) >= 11 is 0. The van der Waals surface area contributed by atoms with Gasteiger partial charge in [-0.15, -0.1) is 0 Å². The number of fused-ring (bicyclic) bond motifs is 1. The van der Waals surface area contributed by atoms with Gasteiger partial charge in [-0.05, 0) is 78.1 Å². The molecule has 0 saturated carbocycles. The highest BCUT2D eigenvalue weighted by atomic mass is 16.2. The lowest BCUT2D eigenvalue weighted by Gasteiger charge is -2.40. The van der Waals surface area contributed by atoms with E-state index in [4.69, 9.17) is 0 Å². The summed E-state index contributed by atoms with van der Waals surface area (Å²) in [6.07, 6.45) is 7.16. The average Bonchev–Trinajstić information content (AvgIpc) is 3.25. The molecule has 0 bridgehead atoms. The van der Waals surface area contributed by atoms with Crippen LogP contribution >= 0.6 is 0 Å². The quantitative estimate of drug-likeness (QED) is 0.526. The lowest BCUT2D eigenvalue weighted by Crippen LogP contribution is -2.48. The molecule has 2 aliphatic rings. The van der Waals surface area contributed by atoms with Crippen LogP contribution in [0.25, 0.3) is 16.6 Å². The SMILES string of the molecule is Cc1ccc(-n2nc3c(=O)n(CCCC(=O)N4CCC(N5CCCCC5)CC4)nc(C)c3c2C)cc1. The van der Waals surface area contributed by atoms with Crippen LogP contribution in [-0.2, 0) is 11.3 Å². The van der Waals surface area contributed by atoms with E-state index in [-0.39, 0.29) is 11.5 Å². The van der Waals surface area contributed by atoms with Gasteiger partial charge in [0.05, 0.1) is 22.5 Å². The zero-order chi connectivity index (χ0) is 25.2. The smallest absolute Gasteiger partial charge is 0.295 e. The van der Waals surface area contributed by atoms with Gasteiger partial charge in [-0.1, -0.05) is 24.1 Å². The van der Waals surface area contributed by atoms with Gasteiger partial charge in [-0.3, -0.25) is 9.59 Å². The second-order valence-electron chi connectivity index (χ2n) is 10.5. The molecule has 2 fully saturated rings. The number of nitrogens with zero attached hydrogens (tertiary/aromatic N) is 6. The number of hydrogen-bond acceptors (Lipinski definition) is 5. The summed E-state index contributed by atoms with van der Waals surface area (Å²) < 4.78 is 3.31. The summed E-state index contributed by atoms with van der Waals surface area (Å²) in [5.41, 5.74) is 4.03. The lowest BCUT2D eigenvalue weighted by molar-refractivity contribution is -0.133. The van der Waals surface area contributed by atoms with E-state index in [1.165, 1.54) is 42.6 Å². The largest absolute Gasteiger partial charge is 0.343 e. The van der Waals surface area contributed by atoms with E-state index >= 15 is 0 Å². The number of carbonyl (C=O) groups is 1. The van der Waals surface area contributed by atoms with Crippen molar-refractivity contribution in [2.24, 2.45) is 0 Å². The molecule has 8 heteroatoms. The molecule has 0 N–H and O–H groups in total. The van der Waals surface area contributed by atoms with Gasteiger partial charge in [0.25, 0.3) is 5.56 Å². The van der Waals surface area contributed by atoms with Crippen molar-refractivity contribution < 1.29 is 4.79 Å². The third-order valence-electron chi connectivity index (χ3n) is 7.95. The highest BCUT2D eigenvalue weighted by Crippen LogP contribution is 2.23. The monoisotopic (exact) mass is 490 g/mol. The minimum absolute atomic E-state index is 0.192. The molecule has 1 aromatic carbocycles. The molecule has 4 heterocycles. The van der Waals surface area contributed by atoms with Crippen LogP contribution < -0.4 is 5.56 Å². The van der Waals surface area contributed by atoms with E-state index in [9.17, 15) is 9.59 Å². The van der Waals surface area contributed by atoms with Crippen molar-refractivity contribution in [2.75, 3.05) is 26.2 Å². The van der Waals surface area contributed by atoms with Crippen LogP contribution in [0, 0.1) is 20.8 Å². The standard InChI is InChI=1S/C28H38N6O2/c1-20-9-11-24(12-10-20)34-22(3)26-21(2)29-33(28(36)27(26)30-34)17-7-8-25(35)32-18-13-23(14-19-32)31-15-5-4-6-16-31/h9-12,23H,4-8,13-19H2,1-3H3. The minimum Gasteiger partial charge on any atom is -0.343 e. The van der Waals surface area contributed by atoms with Crippen LogP contribution in [0.1, 0.15) is 61.9 Å². The number of piperidine rings is 2. The van der Waals surface area contributed by atoms with Crippen molar-refractivity contribution in [3.63, 3.8) is 0 Å². The Morgan fingerprint density at radius 1 is 0.944 bits per heavy atom. The molecule has 36 heavy (non-hydrogen) atoms. The lowest BCUT2D eigenvalue weighted by atomic mass is 9.99. The van der Waals surface area contributed by atoms with E-state index in [1.54, 1.807) is 0 Å². The molecular formula is C28H38N6O2. The molecule has 0 spiro atoms. The highest BCUT2D eigenvalue weighted by Gasteiger charge is 2.27. The van der Waals surface area contributed by atoms with Gasteiger partial charge in [0, 0.05) is 32.1 Å². The van der Waals surface area contributed by atoms with Gasteiger partial charge in [0.1, 0.15) is 0 Å². The number of rotatable bonds is 6. The van der Waals surface area contributed by atoms with Gasteiger partial charge in [0.2, 0.25) is 5.91 Å². The van der Waals surface area contributed by atoms with E-state index in [1.807, 2.05) is 54.6 Å². The molecule has 3 aromatic rings. The first-order valence-corrected chi connectivity index (χ1v) is 13.5. The molecule has 2 aromatic heterocycles. The van der Waals surface area contributed by atoms with Crippen molar-refractivity contribution >= 4 is 16.8 Å². The Morgan fingerprint density at radius 2 is 1.64 bits per heavy atom. The van der Waals surface area contributed by atoms with Gasteiger partial charge in [-0.2, -0.15) is 10.2 Å². The summed E-state index contributed by atoms with van der Waals surface area (Å²) in [6, 6.07) is 8.73. The fourth-order valence-corrected chi connectivity index (χ4v) is 5.87. The van der Waals surface area contributed by atoms with E-state index in [2.05, 4.69) is 15.1 Å². The zero-order valence-corrected chi connectivity index (χ0v) is 21.9. The number of hydrogen-bond donors (Lipinski definition) is 0. The Kier molecular flexibility index (Phi) is 7.23. The molecule has 0 atom stereocenters. The number of carbonyl (C=O) groups excluding carboxylic acids is 1. The van der Waals surface area contributed by atoms with Crippen molar-refractivity contribution in [3.8, 4) is 5.69 Å². The molecule has 2 aliphatic heterocycles. The normalized spacial score (nSPS) is 17.7. The second-order valence-corrected chi connectivity index (χ2v) is 10.5. The number of aromatic nitrogens is 4. The maximum atomic E-state index is 13.2. The Hall–Kier alpha value is -3.00. The first kappa shape index (κ1) is 24.7. The van der Waals surface area contributed by atoms with Gasteiger partial charge in [0.15, 0.2) is 5.52 Å². The second kappa shape index (κ2) is 10.5. The van der Waals surface area contributed by atoms with Crippen molar-refractivity contribution in [1.29, 1.82) is 0 Å². The fourth-order valence-electron chi connectivity index (χ4n) is 5.87. The average molecular weight is 491 g/mol. The van der Waals surface area contributed by atoms with Crippen LogP contribution in [0.2, 0.25) is 0 Å². The maximum absolute atomic E-state index is 13.2. The van der Waals surface area contributed by atoms with Crippen LogP contribution in [0.3, 0.4) is 0 Å². The Labute approximate surface area is 212 Å². The molecule has 8 nitrogen and oxygen atoms in total. The molecule has 0 aliphatic carbocycles. The number of aryl methyl sites for hydroxylation is 4. The van der Waals surface area contributed by atoms with Crippen LogP contribution in [0.5, 0.6) is 0 Å². The van der Waals surface area contributed by atoms with E-state index < -0.39 is 0 Å². The molecule has 192 valence electrons. The van der Waals surface area contributed by atoms with E-state index in [0.717, 1.165) is 48.4 Å². The molecule has 5 rings (SSSR count). The number of amides is 1. The Balaban J connectivity index is 1.21. The maximum Gasteiger partial charge on any atom is 0.295 e. The topological polar surface area (TPSA) is 76.3 Å². The number of likely N-dealkylation sites (tertiary alicyclic amines) is 2.